The molecule has 137 valence electrons. The molecule has 1 aliphatic rings. The van der Waals surface area contributed by atoms with Crippen LogP contribution in [-0.2, 0) is 14.0 Å². The normalized spacial score (nSPS) is 20.0. The van der Waals surface area contributed by atoms with Gasteiger partial charge in [-0.3, -0.25) is 0 Å². The number of rotatable bonds is 5. The van der Waals surface area contributed by atoms with Crippen molar-refractivity contribution in [2.75, 3.05) is 0 Å². The minimum Gasteiger partial charge on any atom is -0.427 e. The summed E-state index contributed by atoms with van der Waals surface area (Å²) in [4.78, 5) is 0. The Kier molecular flexibility index (Phi) is 5.47. The zero-order valence-electron chi connectivity index (χ0n) is 16.4. The molecule has 1 aliphatic heterocycles. The molecule has 0 unspecified atom stereocenters. The fraction of sp³-hybridized carbons (Fsp3) is 0.667. The van der Waals surface area contributed by atoms with Gasteiger partial charge in [-0.25, -0.2) is 0 Å². The predicted octanol–water partition coefficient (Wildman–Crippen LogP) is 2.45. The monoisotopic (exact) mass is 365 g/mol. The first kappa shape index (κ1) is 20.8. The van der Waals surface area contributed by atoms with Gasteiger partial charge in [0.2, 0.25) is 0 Å². The van der Waals surface area contributed by atoms with E-state index < -0.39 is 29.5 Å². The van der Waals surface area contributed by atoms with Crippen molar-refractivity contribution in [3.8, 4) is 0 Å². The smallest absolute Gasteiger partial charge is 0.427 e. The molecule has 1 aromatic rings. The van der Waals surface area contributed by atoms with Crippen molar-refractivity contribution in [1.29, 1.82) is 0 Å². The third-order valence-electron chi connectivity index (χ3n) is 5.43. The lowest BCUT2D eigenvalue weighted by Gasteiger charge is -2.37. The minimum absolute atomic E-state index is 0.413. The molecule has 1 N–H and O–H groups in total. The summed E-state index contributed by atoms with van der Waals surface area (Å²) in [6.07, 6.45) is 0. The van der Waals surface area contributed by atoms with Crippen LogP contribution in [0.2, 0.25) is 5.02 Å². The largest absolute Gasteiger partial charge is 0.494 e. The molecule has 1 fully saturated rings. The highest BCUT2D eigenvalue weighted by molar-refractivity contribution is 6.63. The standard InChI is InChI=1S/C18H28B2ClO4/c1-15(2,22)16(3,4)23-19-12-9-13(11-14(21)10-12)20-24-17(5,6)18(7,8)25-20/h9-11,22H,1-8H3. The van der Waals surface area contributed by atoms with Gasteiger partial charge in [-0.05, 0) is 73.0 Å². The van der Waals surface area contributed by atoms with Crippen molar-refractivity contribution < 1.29 is 19.1 Å². The van der Waals surface area contributed by atoms with Crippen LogP contribution in [0.1, 0.15) is 55.4 Å². The van der Waals surface area contributed by atoms with Crippen LogP contribution in [-0.4, -0.2) is 42.1 Å². The average Bonchev–Trinajstić information content (AvgIpc) is 2.63. The second kappa shape index (κ2) is 6.58. The Morgan fingerprint density at radius 2 is 1.56 bits per heavy atom. The second-order valence-corrected chi connectivity index (χ2v) is 9.15. The molecule has 1 heterocycles. The fourth-order valence-electron chi connectivity index (χ4n) is 2.18. The molecule has 1 saturated heterocycles. The quantitative estimate of drug-likeness (QED) is 0.815. The summed E-state index contributed by atoms with van der Waals surface area (Å²) in [5.74, 6) is 0. The summed E-state index contributed by atoms with van der Waals surface area (Å²) in [5.41, 5.74) is -0.945. The average molecular weight is 365 g/mol. The molecule has 2 rings (SSSR count). The number of benzene rings is 1. The molecule has 7 heteroatoms. The van der Waals surface area contributed by atoms with Crippen molar-refractivity contribution in [2.24, 2.45) is 0 Å². The molecule has 25 heavy (non-hydrogen) atoms. The van der Waals surface area contributed by atoms with Crippen LogP contribution in [0.25, 0.3) is 0 Å². The van der Waals surface area contributed by atoms with Crippen molar-refractivity contribution in [1.82, 2.24) is 0 Å². The second-order valence-electron chi connectivity index (χ2n) is 8.71. The molecule has 0 atom stereocenters. The van der Waals surface area contributed by atoms with Gasteiger partial charge in [-0.1, -0.05) is 23.1 Å². The molecule has 4 nitrogen and oxygen atoms in total. The van der Waals surface area contributed by atoms with Crippen molar-refractivity contribution >= 4 is 37.1 Å². The third kappa shape index (κ3) is 4.42. The van der Waals surface area contributed by atoms with E-state index in [-0.39, 0.29) is 0 Å². The summed E-state index contributed by atoms with van der Waals surface area (Å²) in [7, 11) is 1.12. The first-order valence-electron chi connectivity index (χ1n) is 8.54. The first-order valence-corrected chi connectivity index (χ1v) is 8.92. The summed E-state index contributed by atoms with van der Waals surface area (Å²) in [6.45, 7) is 15.2. The third-order valence-corrected chi connectivity index (χ3v) is 5.65. The van der Waals surface area contributed by atoms with Gasteiger partial charge < -0.3 is 19.1 Å². The molecule has 1 radical (unpaired) electrons. The SMILES string of the molecule is CC(C)(O)C(C)(C)O[B]c1cc(Cl)cc(B2OC(C)(C)C(C)(C)O2)c1. The van der Waals surface area contributed by atoms with Crippen LogP contribution >= 0.6 is 11.6 Å². The van der Waals surface area contributed by atoms with Crippen molar-refractivity contribution in [2.45, 2.75) is 77.8 Å². The number of halogens is 1. The molecule has 0 aliphatic carbocycles. The highest BCUT2D eigenvalue weighted by Gasteiger charge is 2.51. The van der Waals surface area contributed by atoms with Gasteiger partial charge in [0.15, 0.2) is 0 Å². The van der Waals surface area contributed by atoms with Crippen LogP contribution in [0, 0.1) is 0 Å². The highest BCUT2D eigenvalue weighted by Crippen LogP contribution is 2.36. The van der Waals surface area contributed by atoms with E-state index in [0.717, 1.165) is 10.9 Å². The molecule has 0 bridgehead atoms. The molecule has 0 saturated carbocycles. The zero-order chi connectivity index (χ0) is 19.3. The van der Waals surface area contributed by atoms with Gasteiger partial charge in [-0.15, -0.1) is 0 Å². The highest BCUT2D eigenvalue weighted by atomic mass is 35.5. The van der Waals surface area contributed by atoms with Gasteiger partial charge in [-0.2, -0.15) is 0 Å². The molecular weight excluding hydrogens is 337 g/mol. The lowest BCUT2D eigenvalue weighted by Crippen LogP contribution is -2.49. The van der Waals surface area contributed by atoms with Gasteiger partial charge in [0.25, 0.3) is 0 Å². The van der Waals surface area contributed by atoms with Gasteiger partial charge >= 0.3 is 14.6 Å². The zero-order valence-corrected chi connectivity index (χ0v) is 17.2. The van der Waals surface area contributed by atoms with Crippen LogP contribution in [0.5, 0.6) is 0 Å². The van der Waals surface area contributed by atoms with Gasteiger partial charge in [0.05, 0.1) is 22.4 Å². The topological polar surface area (TPSA) is 47.9 Å². The Hall–Kier alpha value is -0.520. The van der Waals surface area contributed by atoms with E-state index in [1.54, 1.807) is 27.4 Å². The van der Waals surface area contributed by atoms with Crippen LogP contribution in [0.4, 0.5) is 0 Å². The molecule has 1 aromatic carbocycles. The van der Waals surface area contributed by atoms with Crippen LogP contribution in [0.15, 0.2) is 18.2 Å². The summed E-state index contributed by atoms with van der Waals surface area (Å²) in [6, 6.07) is 5.56. The van der Waals surface area contributed by atoms with E-state index in [2.05, 4.69) is 0 Å². The molecule has 0 aromatic heterocycles. The Balaban J connectivity index is 2.19. The number of aliphatic hydroxyl groups is 1. The molecular formula is C18H28B2ClO4. The predicted molar refractivity (Wildman–Crippen MR) is 104 cm³/mol. The van der Waals surface area contributed by atoms with Crippen LogP contribution < -0.4 is 10.9 Å². The first-order chi connectivity index (χ1) is 11.1. The Morgan fingerprint density at radius 1 is 1.04 bits per heavy atom. The van der Waals surface area contributed by atoms with Crippen LogP contribution in [0.3, 0.4) is 0 Å². The maximum Gasteiger partial charge on any atom is 0.494 e. The lowest BCUT2D eigenvalue weighted by atomic mass is 9.74. The minimum atomic E-state index is -0.989. The molecule has 0 spiro atoms. The van der Waals surface area contributed by atoms with E-state index in [9.17, 15) is 5.11 Å². The fourth-order valence-corrected chi connectivity index (χ4v) is 2.43. The lowest BCUT2D eigenvalue weighted by molar-refractivity contribution is -0.0893. The maximum absolute atomic E-state index is 10.2. The Labute approximate surface area is 157 Å². The van der Waals surface area contributed by atoms with Gasteiger partial charge in [0, 0.05) is 5.02 Å². The van der Waals surface area contributed by atoms with E-state index in [0.29, 0.717) is 5.02 Å². The van der Waals surface area contributed by atoms with E-state index in [1.807, 2.05) is 53.7 Å². The summed E-state index contributed by atoms with van der Waals surface area (Å²) in [5, 5.41) is 10.8. The van der Waals surface area contributed by atoms with E-state index in [1.165, 1.54) is 0 Å². The number of hydrogen-bond acceptors (Lipinski definition) is 4. The Bertz CT molecular complexity index is 622. The van der Waals surface area contributed by atoms with E-state index >= 15 is 0 Å². The maximum atomic E-state index is 10.2. The molecule has 0 amide bonds. The number of hydrogen-bond donors (Lipinski definition) is 1. The van der Waals surface area contributed by atoms with Crippen molar-refractivity contribution in [3.63, 3.8) is 0 Å². The summed E-state index contributed by atoms with van der Waals surface area (Å²) < 4.78 is 18.0. The van der Waals surface area contributed by atoms with Gasteiger partial charge in [0.1, 0.15) is 0 Å². The van der Waals surface area contributed by atoms with Crippen molar-refractivity contribution in [3.05, 3.63) is 23.2 Å². The summed E-state index contributed by atoms with van der Waals surface area (Å²) >= 11 is 6.27. The Morgan fingerprint density at radius 3 is 2.04 bits per heavy atom. The van der Waals surface area contributed by atoms with E-state index in [4.69, 9.17) is 25.6 Å².